The Balaban J connectivity index is 2.99. The Bertz CT molecular complexity index is 289. The molecule has 78 valence electrons. The Morgan fingerprint density at radius 3 is 2.14 bits per heavy atom. The largest absolute Gasteiger partial charge is 0.352 e. The number of pyridine rings is 1. The Labute approximate surface area is 84.8 Å². The minimum atomic E-state index is -0.422. The van der Waals surface area contributed by atoms with Gasteiger partial charge in [-0.25, -0.2) is 4.98 Å². The van der Waals surface area contributed by atoms with Crippen molar-refractivity contribution >= 4 is 5.82 Å². The van der Waals surface area contributed by atoms with Crippen molar-refractivity contribution < 1.29 is 4.39 Å². The molecule has 1 aromatic heterocycles. The summed E-state index contributed by atoms with van der Waals surface area (Å²) in [7, 11) is 0. The third-order valence-electron chi connectivity index (χ3n) is 2.08. The lowest BCUT2D eigenvalue weighted by Gasteiger charge is -2.31. The van der Waals surface area contributed by atoms with E-state index in [-0.39, 0.29) is 0 Å². The molecule has 1 aromatic rings. The van der Waals surface area contributed by atoms with Crippen LogP contribution in [0.5, 0.6) is 0 Å². The zero-order valence-electron chi connectivity index (χ0n) is 9.16. The minimum Gasteiger partial charge on any atom is -0.352 e. The van der Waals surface area contributed by atoms with Crippen LogP contribution in [0.1, 0.15) is 27.7 Å². The van der Waals surface area contributed by atoms with Crippen LogP contribution in [-0.4, -0.2) is 17.1 Å². The summed E-state index contributed by atoms with van der Waals surface area (Å²) in [5, 5.41) is 0. The van der Waals surface area contributed by atoms with Gasteiger partial charge >= 0.3 is 0 Å². The van der Waals surface area contributed by atoms with Crippen LogP contribution in [0, 0.1) is 5.95 Å². The average Bonchev–Trinajstić information content (AvgIpc) is 2.02. The summed E-state index contributed by atoms with van der Waals surface area (Å²) in [6.07, 6.45) is 0. The van der Waals surface area contributed by atoms with E-state index in [0.29, 0.717) is 17.9 Å². The van der Waals surface area contributed by atoms with Gasteiger partial charge in [0.15, 0.2) is 0 Å². The van der Waals surface area contributed by atoms with Crippen molar-refractivity contribution in [3.8, 4) is 0 Å². The van der Waals surface area contributed by atoms with Gasteiger partial charge in [-0.15, -0.1) is 0 Å². The second-order valence-electron chi connectivity index (χ2n) is 3.91. The topological polar surface area (TPSA) is 16.1 Å². The molecule has 3 heteroatoms. The number of rotatable bonds is 3. The summed E-state index contributed by atoms with van der Waals surface area (Å²) in [6, 6.07) is 5.54. The summed E-state index contributed by atoms with van der Waals surface area (Å²) in [5.74, 6) is 0.281. The molecular weight excluding hydrogens is 179 g/mol. The number of halogens is 1. The van der Waals surface area contributed by atoms with Crippen LogP contribution in [-0.2, 0) is 0 Å². The zero-order valence-corrected chi connectivity index (χ0v) is 9.16. The first-order chi connectivity index (χ1) is 6.52. The monoisotopic (exact) mass is 196 g/mol. The maximum Gasteiger partial charge on any atom is 0.214 e. The first kappa shape index (κ1) is 11.0. The van der Waals surface area contributed by atoms with Crippen LogP contribution in [0.2, 0.25) is 0 Å². The molecule has 0 aliphatic heterocycles. The molecule has 0 aliphatic rings. The Kier molecular flexibility index (Phi) is 3.44. The molecule has 0 saturated carbocycles. The number of aromatic nitrogens is 1. The summed E-state index contributed by atoms with van der Waals surface area (Å²) in [4.78, 5) is 5.96. The molecule has 0 aliphatic carbocycles. The number of hydrogen-bond donors (Lipinski definition) is 0. The first-order valence-corrected chi connectivity index (χ1v) is 4.93. The van der Waals surface area contributed by atoms with Gasteiger partial charge in [0.25, 0.3) is 0 Å². The highest BCUT2D eigenvalue weighted by molar-refractivity contribution is 5.39. The molecule has 1 rings (SSSR count). The molecule has 0 atom stereocenters. The fraction of sp³-hybridized carbons (Fsp3) is 0.545. The fourth-order valence-corrected chi connectivity index (χ4v) is 1.67. The molecule has 1 heterocycles. The van der Waals surface area contributed by atoms with E-state index in [0.717, 1.165) is 0 Å². The Morgan fingerprint density at radius 2 is 1.71 bits per heavy atom. The quantitative estimate of drug-likeness (QED) is 0.691. The molecule has 0 N–H and O–H groups in total. The Hall–Kier alpha value is -1.12. The summed E-state index contributed by atoms with van der Waals surface area (Å²) >= 11 is 0. The highest BCUT2D eigenvalue weighted by Crippen LogP contribution is 2.17. The van der Waals surface area contributed by atoms with Gasteiger partial charge in [0.1, 0.15) is 5.82 Å². The van der Waals surface area contributed by atoms with E-state index in [1.54, 1.807) is 6.07 Å². The number of hydrogen-bond acceptors (Lipinski definition) is 2. The van der Waals surface area contributed by atoms with Gasteiger partial charge < -0.3 is 4.90 Å². The highest BCUT2D eigenvalue weighted by atomic mass is 19.1. The normalized spacial score (nSPS) is 11.1. The third kappa shape index (κ3) is 2.44. The van der Waals surface area contributed by atoms with Gasteiger partial charge in [0.05, 0.1) is 0 Å². The maximum atomic E-state index is 12.9. The molecule has 2 nitrogen and oxygen atoms in total. The van der Waals surface area contributed by atoms with E-state index in [1.807, 2.05) is 6.07 Å². The fourth-order valence-electron chi connectivity index (χ4n) is 1.67. The molecule has 0 unspecified atom stereocenters. The van der Waals surface area contributed by atoms with Crippen molar-refractivity contribution in [3.05, 3.63) is 24.1 Å². The van der Waals surface area contributed by atoms with Crippen LogP contribution < -0.4 is 4.90 Å². The lowest BCUT2D eigenvalue weighted by atomic mass is 10.2. The lowest BCUT2D eigenvalue weighted by molar-refractivity contribution is 0.560. The molecule has 0 saturated heterocycles. The van der Waals surface area contributed by atoms with E-state index in [9.17, 15) is 4.39 Å². The second-order valence-corrected chi connectivity index (χ2v) is 3.91. The van der Waals surface area contributed by atoms with Crippen LogP contribution in [0.15, 0.2) is 18.2 Å². The smallest absolute Gasteiger partial charge is 0.214 e. The molecule has 0 spiro atoms. The van der Waals surface area contributed by atoms with Gasteiger partial charge in [-0.3, -0.25) is 0 Å². The van der Waals surface area contributed by atoms with Crippen LogP contribution in [0.4, 0.5) is 10.2 Å². The molecule has 0 aromatic carbocycles. The molecule has 0 radical (unpaired) electrons. The number of nitrogens with zero attached hydrogens (tertiary/aromatic N) is 2. The van der Waals surface area contributed by atoms with Crippen molar-refractivity contribution in [2.24, 2.45) is 0 Å². The van der Waals surface area contributed by atoms with E-state index in [1.165, 1.54) is 6.07 Å². The molecular formula is C11H17FN2. The molecule has 14 heavy (non-hydrogen) atoms. The lowest BCUT2D eigenvalue weighted by Crippen LogP contribution is -2.37. The maximum absolute atomic E-state index is 12.9. The van der Waals surface area contributed by atoms with Gasteiger partial charge in [-0.05, 0) is 39.8 Å². The minimum absolute atomic E-state index is 0.323. The van der Waals surface area contributed by atoms with E-state index in [4.69, 9.17) is 0 Å². The first-order valence-electron chi connectivity index (χ1n) is 4.93. The predicted octanol–water partition coefficient (Wildman–Crippen LogP) is 2.84. The van der Waals surface area contributed by atoms with Gasteiger partial charge in [-0.2, -0.15) is 4.39 Å². The van der Waals surface area contributed by atoms with E-state index in [2.05, 4.69) is 37.6 Å². The van der Waals surface area contributed by atoms with E-state index < -0.39 is 5.95 Å². The highest BCUT2D eigenvalue weighted by Gasteiger charge is 2.15. The van der Waals surface area contributed by atoms with Crippen molar-refractivity contribution in [1.82, 2.24) is 4.98 Å². The van der Waals surface area contributed by atoms with Gasteiger partial charge in [0.2, 0.25) is 5.95 Å². The van der Waals surface area contributed by atoms with Crippen molar-refractivity contribution in [2.45, 2.75) is 39.8 Å². The zero-order chi connectivity index (χ0) is 10.7. The summed E-state index contributed by atoms with van der Waals surface area (Å²) in [6.45, 7) is 8.30. The SMILES string of the molecule is CC(C)N(c1cccc(F)n1)C(C)C. The molecule has 0 fully saturated rings. The number of anilines is 1. The van der Waals surface area contributed by atoms with Gasteiger partial charge in [0, 0.05) is 12.1 Å². The second kappa shape index (κ2) is 4.40. The van der Waals surface area contributed by atoms with E-state index >= 15 is 0 Å². The summed E-state index contributed by atoms with van der Waals surface area (Å²) in [5.41, 5.74) is 0. The van der Waals surface area contributed by atoms with Crippen LogP contribution in [0.25, 0.3) is 0 Å². The predicted molar refractivity (Wildman–Crippen MR) is 56.9 cm³/mol. The molecule has 0 amide bonds. The van der Waals surface area contributed by atoms with Crippen LogP contribution >= 0.6 is 0 Å². The average molecular weight is 196 g/mol. The summed E-state index contributed by atoms with van der Waals surface area (Å²) < 4.78 is 12.9. The van der Waals surface area contributed by atoms with Gasteiger partial charge in [-0.1, -0.05) is 6.07 Å². The molecule has 0 bridgehead atoms. The standard InChI is InChI=1S/C11H17FN2/c1-8(2)14(9(3)4)11-7-5-6-10(12)13-11/h5-9H,1-4H3. The Morgan fingerprint density at radius 1 is 1.14 bits per heavy atom. The van der Waals surface area contributed by atoms with Crippen molar-refractivity contribution in [2.75, 3.05) is 4.90 Å². The third-order valence-corrected chi connectivity index (χ3v) is 2.08. The van der Waals surface area contributed by atoms with Crippen molar-refractivity contribution in [3.63, 3.8) is 0 Å². The van der Waals surface area contributed by atoms with Crippen LogP contribution in [0.3, 0.4) is 0 Å². The van der Waals surface area contributed by atoms with Crippen molar-refractivity contribution in [1.29, 1.82) is 0 Å².